The minimum absolute atomic E-state index is 0.366. The SMILES string of the molecule is Cc1cccc(-c2c(C)[nH]c3cc4c(nc23)CCC(C(C)(C)C)C4)c1. The number of aromatic amines is 1. The molecule has 0 saturated heterocycles. The van der Waals surface area contributed by atoms with E-state index in [-0.39, 0.29) is 0 Å². The van der Waals surface area contributed by atoms with Crippen molar-refractivity contribution in [1.82, 2.24) is 9.97 Å². The van der Waals surface area contributed by atoms with Gasteiger partial charge < -0.3 is 4.98 Å². The highest BCUT2D eigenvalue weighted by Gasteiger charge is 2.30. The van der Waals surface area contributed by atoms with E-state index in [1.165, 1.54) is 45.6 Å². The van der Waals surface area contributed by atoms with Gasteiger partial charge in [-0.15, -0.1) is 0 Å². The van der Waals surface area contributed by atoms with Crippen LogP contribution in [0.4, 0.5) is 0 Å². The van der Waals surface area contributed by atoms with Gasteiger partial charge in [0.1, 0.15) is 0 Å². The molecule has 0 saturated carbocycles. The number of rotatable bonds is 1. The summed E-state index contributed by atoms with van der Waals surface area (Å²) in [5.41, 5.74) is 10.5. The minimum Gasteiger partial charge on any atom is -0.357 e. The van der Waals surface area contributed by atoms with Gasteiger partial charge in [-0.2, -0.15) is 0 Å². The van der Waals surface area contributed by atoms with Gasteiger partial charge in [-0.3, -0.25) is 4.98 Å². The number of aromatic nitrogens is 2. The van der Waals surface area contributed by atoms with Crippen LogP contribution in [0.15, 0.2) is 30.3 Å². The molecule has 1 aliphatic carbocycles. The average Bonchev–Trinajstić information content (AvgIpc) is 2.85. The first-order chi connectivity index (χ1) is 11.8. The van der Waals surface area contributed by atoms with Crippen LogP contribution >= 0.6 is 0 Å². The molecule has 1 unspecified atom stereocenters. The molecule has 1 aliphatic rings. The number of nitrogens with one attached hydrogen (secondary N) is 1. The Morgan fingerprint density at radius 2 is 1.92 bits per heavy atom. The lowest BCUT2D eigenvalue weighted by Crippen LogP contribution is -2.27. The van der Waals surface area contributed by atoms with Crippen LogP contribution in [0, 0.1) is 25.2 Å². The molecule has 0 bridgehead atoms. The highest BCUT2D eigenvalue weighted by molar-refractivity contribution is 5.95. The van der Waals surface area contributed by atoms with E-state index < -0.39 is 0 Å². The summed E-state index contributed by atoms with van der Waals surface area (Å²) in [6, 6.07) is 11.1. The summed E-state index contributed by atoms with van der Waals surface area (Å²) in [6.45, 7) is 11.4. The van der Waals surface area contributed by atoms with Crippen molar-refractivity contribution in [2.75, 3.05) is 0 Å². The lowest BCUT2D eigenvalue weighted by atomic mass is 9.71. The number of H-pyrrole nitrogens is 1. The van der Waals surface area contributed by atoms with E-state index in [9.17, 15) is 0 Å². The van der Waals surface area contributed by atoms with Crippen molar-refractivity contribution in [2.24, 2.45) is 11.3 Å². The van der Waals surface area contributed by atoms with Crippen molar-refractivity contribution < 1.29 is 0 Å². The first-order valence-corrected chi connectivity index (χ1v) is 9.41. The Balaban J connectivity index is 1.83. The molecule has 4 rings (SSSR count). The third kappa shape index (κ3) is 2.88. The maximum absolute atomic E-state index is 5.13. The van der Waals surface area contributed by atoms with Crippen LogP contribution in [0.3, 0.4) is 0 Å². The lowest BCUT2D eigenvalue weighted by molar-refractivity contribution is 0.215. The minimum atomic E-state index is 0.366. The second-order valence-corrected chi connectivity index (χ2v) is 8.79. The fourth-order valence-corrected chi connectivity index (χ4v) is 4.29. The fraction of sp³-hybridized carbons (Fsp3) is 0.435. The van der Waals surface area contributed by atoms with Crippen molar-refractivity contribution in [3.8, 4) is 11.1 Å². The molecule has 2 nitrogen and oxygen atoms in total. The number of hydrogen-bond acceptors (Lipinski definition) is 1. The molecule has 3 aromatic rings. The van der Waals surface area contributed by atoms with Crippen LogP contribution in [0.25, 0.3) is 22.2 Å². The van der Waals surface area contributed by atoms with Gasteiger partial charge in [0.05, 0.1) is 11.0 Å². The Morgan fingerprint density at radius 1 is 1.12 bits per heavy atom. The Hall–Kier alpha value is -2.09. The number of fused-ring (bicyclic) bond motifs is 2. The molecule has 0 aliphatic heterocycles. The van der Waals surface area contributed by atoms with Crippen LogP contribution in [-0.4, -0.2) is 9.97 Å². The zero-order valence-electron chi connectivity index (χ0n) is 16.0. The van der Waals surface area contributed by atoms with Gasteiger partial charge in [0.25, 0.3) is 0 Å². The topological polar surface area (TPSA) is 28.7 Å². The lowest BCUT2D eigenvalue weighted by Gasteiger charge is -2.34. The molecule has 1 aromatic carbocycles. The van der Waals surface area contributed by atoms with E-state index in [2.05, 4.69) is 69.9 Å². The van der Waals surface area contributed by atoms with Crippen molar-refractivity contribution in [1.29, 1.82) is 0 Å². The van der Waals surface area contributed by atoms with Crippen LogP contribution < -0.4 is 0 Å². The molecule has 0 amide bonds. The first-order valence-electron chi connectivity index (χ1n) is 9.41. The molecule has 1 atom stereocenters. The van der Waals surface area contributed by atoms with E-state index in [4.69, 9.17) is 4.98 Å². The summed E-state index contributed by atoms with van der Waals surface area (Å²) in [6.07, 6.45) is 3.50. The number of benzene rings is 1. The van der Waals surface area contributed by atoms with Crippen LogP contribution in [0.1, 0.15) is 49.7 Å². The predicted molar refractivity (Wildman–Crippen MR) is 106 cm³/mol. The number of nitrogens with zero attached hydrogens (tertiary/aromatic N) is 1. The average molecular weight is 332 g/mol. The normalized spacial score (nSPS) is 17.7. The molecule has 2 heterocycles. The molecule has 0 spiro atoms. The van der Waals surface area contributed by atoms with Crippen molar-refractivity contribution in [3.63, 3.8) is 0 Å². The number of hydrogen-bond donors (Lipinski definition) is 1. The first kappa shape index (κ1) is 16.4. The van der Waals surface area contributed by atoms with E-state index >= 15 is 0 Å². The van der Waals surface area contributed by atoms with Gasteiger partial charge in [0.15, 0.2) is 0 Å². The van der Waals surface area contributed by atoms with Gasteiger partial charge in [0, 0.05) is 17.0 Å². The second kappa shape index (κ2) is 5.72. The molecule has 0 fully saturated rings. The maximum atomic E-state index is 5.13. The molecule has 25 heavy (non-hydrogen) atoms. The van der Waals surface area contributed by atoms with E-state index in [0.717, 1.165) is 24.3 Å². The van der Waals surface area contributed by atoms with Crippen LogP contribution in [0.2, 0.25) is 0 Å². The summed E-state index contributed by atoms with van der Waals surface area (Å²) in [4.78, 5) is 8.71. The zero-order chi connectivity index (χ0) is 17.8. The summed E-state index contributed by atoms with van der Waals surface area (Å²) in [5, 5.41) is 0. The van der Waals surface area contributed by atoms with Gasteiger partial charge >= 0.3 is 0 Å². The predicted octanol–water partition coefficient (Wildman–Crippen LogP) is 6.00. The Kier molecular flexibility index (Phi) is 3.75. The standard InChI is InChI=1S/C23H28N2/c1-14-7-6-8-16(11-14)21-15(2)24-20-13-17-12-18(23(3,4)5)9-10-19(17)25-22(20)21/h6-8,11,13,18,24H,9-10,12H2,1-5H3. The Bertz CT molecular complexity index is 941. The van der Waals surface area contributed by atoms with Crippen molar-refractivity contribution >= 4 is 11.0 Å². The van der Waals surface area contributed by atoms with Crippen LogP contribution in [-0.2, 0) is 12.8 Å². The largest absolute Gasteiger partial charge is 0.357 e. The highest BCUT2D eigenvalue weighted by atomic mass is 14.8. The quantitative estimate of drug-likeness (QED) is 0.582. The van der Waals surface area contributed by atoms with Gasteiger partial charge in [-0.25, -0.2) is 0 Å². The zero-order valence-corrected chi connectivity index (χ0v) is 16.0. The maximum Gasteiger partial charge on any atom is 0.0963 e. The van der Waals surface area contributed by atoms with E-state index in [1.54, 1.807) is 0 Å². The smallest absolute Gasteiger partial charge is 0.0963 e. The Labute approximate surface area is 150 Å². The van der Waals surface area contributed by atoms with E-state index in [1.807, 2.05) is 0 Å². The van der Waals surface area contributed by atoms with Crippen molar-refractivity contribution in [3.05, 3.63) is 52.8 Å². The summed E-state index contributed by atoms with van der Waals surface area (Å²) in [7, 11) is 0. The molecular formula is C23H28N2. The molecule has 1 N–H and O–H groups in total. The number of aryl methyl sites for hydroxylation is 3. The van der Waals surface area contributed by atoms with Crippen molar-refractivity contribution in [2.45, 2.75) is 53.9 Å². The number of pyridine rings is 1. The Morgan fingerprint density at radius 3 is 2.64 bits per heavy atom. The molecule has 0 radical (unpaired) electrons. The molecule has 130 valence electrons. The fourth-order valence-electron chi connectivity index (χ4n) is 4.29. The summed E-state index contributed by atoms with van der Waals surface area (Å²) >= 11 is 0. The highest BCUT2D eigenvalue weighted by Crippen LogP contribution is 2.39. The summed E-state index contributed by atoms with van der Waals surface area (Å²) in [5.74, 6) is 0.742. The second-order valence-electron chi connectivity index (χ2n) is 8.79. The van der Waals surface area contributed by atoms with Crippen LogP contribution in [0.5, 0.6) is 0 Å². The third-order valence-electron chi connectivity index (χ3n) is 5.85. The molecular weight excluding hydrogens is 304 g/mol. The van der Waals surface area contributed by atoms with Gasteiger partial charge in [-0.1, -0.05) is 50.6 Å². The third-order valence-corrected chi connectivity index (χ3v) is 5.85. The van der Waals surface area contributed by atoms with Gasteiger partial charge in [-0.05, 0) is 61.6 Å². The molecule has 2 aromatic heterocycles. The van der Waals surface area contributed by atoms with E-state index in [0.29, 0.717) is 5.41 Å². The monoisotopic (exact) mass is 332 g/mol. The van der Waals surface area contributed by atoms with Gasteiger partial charge in [0.2, 0.25) is 0 Å². The summed E-state index contributed by atoms with van der Waals surface area (Å²) < 4.78 is 0. The molecule has 2 heteroatoms.